The fourth-order valence-corrected chi connectivity index (χ4v) is 1.42. The monoisotopic (exact) mass is 283 g/mol. The molecule has 0 radical (unpaired) electrons. The SMILES string of the molecule is C=CCNC(=O)C=Cc1cc(Br)ccc1F. The van der Waals surface area contributed by atoms with Gasteiger partial charge in [0.1, 0.15) is 5.82 Å². The van der Waals surface area contributed by atoms with Gasteiger partial charge in [-0.2, -0.15) is 0 Å². The molecule has 4 heteroatoms. The second-order valence-electron chi connectivity index (χ2n) is 3.03. The van der Waals surface area contributed by atoms with Crippen molar-refractivity contribution in [3.05, 3.63) is 52.8 Å². The molecule has 1 aromatic rings. The van der Waals surface area contributed by atoms with Crippen LogP contribution in [0.5, 0.6) is 0 Å². The standard InChI is InChI=1S/C12H11BrFNO/c1-2-7-15-12(16)6-3-9-8-10(13)4-5-11(9)14/h2-6,8H,1,7H2,(H,15,16). The quantitative estimate of drug-likeness (QED) is 0.668. The number of nitrogens with one attached hydrogen (secondary N) is 1. The van der Waals surface area contributed by atoms with Crippen LogP contribution in [0.25, 0.3) is 6.08 Å². The second kappa shape index (κ2) is 6.23. The number of benzene rings is 1. The van der Waals surface area contributed by atoms with Crippen molar-refractivity contribution in [1.82, 2.24) is 5.32 Å². The maximum atomic E-state index is 13.3. The molecule has 1 N–H and O–H groups in total. The van der Waals surface area contributed by atoms with E-state index in [0.29, 0.717) is 12.1 Å². The van der Waals surface area contributed by atoms with Crippen LogP contribution < -0.4 is 5.32 Å². The van der Waals surface area contributed by atoms with Crippen molar-refractivity contribution in [3.8, 4) is 0 Å². The highest BCUT2D eigenvalue weighted by molar-refractivity contribution is 9.10. The van der Waals surface area contributed by atoms with Gasteiger partial charge in [-0.05, 0) is 24.3 Å². The first-order valence-electron chi connectivity index (χ1n) is 4.65. The maximum absolute atomic E-state index is 13.3. The Morgan fingerprint density at radius 2 is 2.31 bits per heavy atom. The van der Waals surface area contributed by atoms with E-state index in [1.54, 1.807) is 18.2 Å². The summed E-state index contributed by atoms with van der Waals surface area (Å²) in [5, 5.41) is 2.56. The maximum Gasteiger partial charge on any atom is 0.244 e. The molecule has 0 bridgehead atoms. The molecule has 1 amide bonds. The molecule has 0 aliphatic carbocycles. The summed E-state index contributed by atoms with van der Waals surface area (Å²) in [5.74, 6) is -0.643. The van der Waals surface area contributed by atoms with Crippen LogP contribution in [0.15, 0.2) is 41.4 Å². The van der Waals surface area contributed by atoms with Gasteiger partial charge >= 0.3 is 0 Å². The van der Waals surface area contributed by atoms with E-state index >= 15 is 0 Å². The van der Waals surface area contributed by atoms with Gasteiger partial charge in [-0.25, -0.2) is 4.39 Å². The van der Waals surface area contributed by atoms with E-state index in [-0.39, 0.29) is 11.7 Å². The Morgan fingerprint density at radius 3 is 3.00 bits per heavy atom. The van der Waals surface area contributed by atoms with Crippen molar-refractivity contribution in [3.63, 3.8) is 0 Å². The molecule has 2 nitrogen and oxygen atoms in total. The van der Waals surface area contributed by atoms with Gasteiger partial charge in [0.25, 0.3) is 0 Å². The lowest BCUT2D eigenvalue weighted by Gasteiger charge is -1.98. The summed E-state index contributed by atoms with van der Waals surface area (Å²) in [5.41, 5.74) is 0.364. The minimum atomic E-state index is -0.365. The fourth-order valence-electron chi connectivity index (χ4n) is 1.04. The minimum Gasteiger partial charge on any atom is -0.349 e. The third kappa shape index (κ3) is 3.98. The summed E-state index contributed by atoms with van der Waals surface area (Å²) in [6, 6.07) is 4.54. The van der Waals surface area contributed by atoms with Gasteiger partial charge in [0, 0.05) is 22.7 Å². The van der Waals surface area contributed by atoms with Gasteiger partial charge in [0.2, 0.25) is 5.91 Å². The molecule has 0 unspecified atom stereocenters. The molecule has 16 heavy (non-hydrogen) atoms. The van der Waals surface area contributed by atoms with Crippen molar-refractivity contribution in [2.24, 2.45) is 0 Å². The van der Waals surface area contributed by atoms with Crippen LogP contribution in [0.3, 0.4) is 0 Å². The van der Waals surface area contributed by atoms with Gasteiger partial charge in [0.15, 0.2) is 0 Å². The third-order valence-corrected chi connectivity index (χ3v) is 2.29. The number of hydrogen-bond acceptors (Lipinski definition) is 1. The van der Waals surface area contributed by atoms with Gasteiger partial charge in [-0.15, -0.1) is 6.58 Å². The zero-order chi connectivity index (χ0) is 12.0. The van der Waals surface area contributed by atoms with Crippen LogP contribution in [-0.4, -0.2) is 12.5 Å². The van der Waals surface area contributed by atoms with Crippen LogP contribution in [0, 0.1) is 5.82 Å². The number of rotatable bonds is 4. The Bertz CT molecular complexity index is 429. The topological polar surface area (TPSA) is 29.1 Å². The van der Waals surface area contributed by atoms with Gasteiger partial charge < -0.3 is 5.32 Å². The average Bonchev–Trinajstić information content (AvgIpc) is 2.27. The number of hydrogen-bond donors (Lipinski definition) is 1. The fraction of sp³-hybridized carbons (Fsp3) is 0.0833. The number of halogens is 2. The molecule has 0 atom stereocenters. The molecule has 1 rings (SSSR count). The zero-order valence-corrected chi connectivity index (χ0v) is 10.1. The average molecular weight is 284 g/mol. The van der Waals surface area contributed by atoms with Crippen molar-refractivity contribution >= 4 is 27.9 Å². The van der Waals surface area contributed by atoms with Crippen molar-refractivity contribution < 1.29 is 9.18 Å². The van der Waals surface area contributed by atoms with E-state index in [2.05, 4.69) is 27.8 Å². The van der Waals surface area contributed by atoms with Gasteiger partial charge in [-0.3, -0.25) is 4.79 Å². The summed E-state index contributed by atoms with van der Waals surface area (Å²) >= 11 is 3.23. The van der Waals surface area contributed by atoms with E-state index in [1.807, 2.05) is 0 Å². The van der Waals surface area contributed by atoms with Gasteiger partial charge in [-0.1, -0.05) is 22.0 Å². The Balaban J connectivity index is 2.71. The first-order chi connectivity index (χ1) is 7.63. The van der Waals surface area contributed by atoms with Crippen LogP contribution in [0.1, 0.15) is 5.56 Å². The lowest BCUT2D eigenvalue weighted by atomic mass is 10.2. The molecular formula is C12H11BrFNO. The lowest BCUT2D eigenvalue weighted by Crippen LogP contribution is -2.20. The van der Waals surface area contributed by atoms with Crippen LogP contribution in [0.4, 0.5) is 4.39 Å². The first kappa shape index (κ1) is 12.6. The Kier molecular flexibility index (Phi) is 4.92. The predicted octanol–water partition coefficient (Wildman–Crippen LogP) is 2.90. The summed E-state index contributed by atoms with van der Waals surface area (Å²) in [6.45, 7) is 3.86. The van der Waals surface area contributed by atoms with E-state index in [9.17, 15) is 9.18 Å². The summed E-state index contributed by atoms with van der Waals surface area (Å²) in [6.07, 6.45) is 4.29. The number of carbonyl (C=O) groups is 1. The van der Waals surface area contributed by atoms with E-state index < -0.39 is 0 Å². The highest BCUT2D eigenvalue weighted by Gasteiger charge is 1.99. The Hall–Kier alpha value is -1.42. The predicted molar refractivity (Wildman–Crippen MR) is 66.3 cm³/mol. The van der Waals surface area contributed by atoms with Crippen molar-refractivity contribution in [2.45, 2.75) is 0 Å². The molecule has 0 aliphatic heterocycles. The Morgan fingerprint density at radius 1 is 1.56 bits per heavy atom. The molecule has 0 heterocycles. The molecule has 0 spiro atoms. The largest absolute Gasteiger partial charge is 0.349 e. The zero-order valence-electron chi connectivity index (χ0n) is 8.54. The molecule has 0 aliphatic rings. The highest BCUT2D eigenvalue weighted by atomic mass is 79.9. The van der Waals surface area contributed by atoms with Crippen LogP contribution in [-0.2, 0) is 4.79 Å². The summed E-state index contributed by atoms with van der Waals surface area (Å²) in [7, 11) is 0. The van der Waals surface area contributed by atoms with Gasteiger partial charge in [0.05, 0.1) is 0 Å². The number of carbonyl (C=O) groups excluding carboxylic acids is 1. The first-order valence-corrected chi connectivity index (χ1v) is 5.44. The second-order valence-corrected chi connectivity index (χ2v) is 3.95. The van der Waals surface area contributed by atoms with E-state index in [1.165, 1.54) is 18.2 Å². The third-order valence-electron chi connectivity index (χ3n) is 1.79. The molecule has 84 valence electrons. The smallest absolute Gasteiger partial charge is 0.244 e. The molecule has 0 fully saturated rings. The summed E-state index contributed by atoms with van der Waals surface area (Å²) in [4.78, 5) is 11.2. The van der Waals surface area contributed by atoms with Crippen LogP contribution in [0.2, 0.25) is 0 Å². The molecule has 0 saturated carbocycles. The minimum absolute atomic E-state index is 0.278. The highest BCUT2D eigenvalue weighted by Crippen LogP contribution is 2.16. The normalized spacial score (nSPS) is 10.4. The molecular weight excluding hydrogens is 273 g/mol. The van der Waals surface area contributed by atoms with Crippen LogP contribution >= 0.6 is 15.9 Å². The van der Waals surface area contributed by atoms with E-state index in [0.717, 1.165) is 4.47 Å². The van der Waals surface area contributed by atoms with Crippen molar-refractivity contribution in [2.75, 3.05) is 6.54 Å². The summed E-state index contributed by atoms with van der Waals surface area (Å²) < 4.78 is 14.0. The molecule has 1 aromatic carbocycles. The van der Waals surface area contributed by atoms with Crippen molar-refractivity contribution in [1.29, 1.82) is 0 Å². The lowest BCUT2D eigenvalue weighted by molar-refractivity contribution is -0.116. The van der Waals surface area contributed by atoms with E-state index in [4.69, 9.17) is 0 Å². The molecule has 0 aromatic heterocycles. The molecule has 0 saturated heterocycles. The number of amides is 1. The Labute approximate surface area is 102 Å².